The second kappa shape index (κ2) is 5.96. The van der Waals surface area contributed by atoms with Crippen molar-refractivity contribution >= 4 is 66.0 Å². The Morgan fingerprint density at radius 2 is 1.03 bits per heavy atom. The maximum absolute atomic E-state index is 13.6. The number of fused-ring (bicyclic) bond motifs is 10. The van der Waals surface area contributed by atoms with Crippen molar-refractivity contribution in [3.05, 3.63) is 103 Å². The van der Waals surface area contributed by atoms with E-state index in [-0.39, 0.29) is 16.3 Å². The summed E-state index contributed by atoms with van der Waals surface area (Å²) in [5.41, 5.74) is 0.693. The summed E-state index contributed by atoms with van der Waals surface area (Å²) in [5.74, 6) is 0. The number of hydrogen-bond donors (Lipinski definition) is 0. The van der Waals surface area contributed by atoms with Crippen LogP contribution < -0.4 is 16.3 Å². The summed E-state index contributed by atoms with van der Waals surface area (Å²) in [6.07, 6.45) is 5.21. The van der Waals surface area contributed by atoms with Crippen LogP contribution in [0.3, 0.4) is 0 Å². The SMILES string of the molecule is C=Cc1c(/C=C\C)c(=O)c2c1c1c(=O)c3ccccc3c1c1c(=O)c3ccccc3c21. The van der Waals surface area contributed by atoms with Gasteiger partial charge in [-0.3, -0.25) is 14.4 Å². The van der Waals surface area contributed by atoms with E-state index in [1.165, 1.54) is 0 Å². The van der Waals surface area contributed by atoms with Crippen molar-refractivity contribution < 1.29 is 0 Å². The first-order valence-electron chi connectivity index (χ1n) is 10.2. The van der Waals surface area contributed by atoms with Crippen LogP contribution in [0.2, 0.25) is 0 Å². The fourth-order valence-corrected chi connectivity index (χ4v) is 5.24. The molecule has 0 fully saturated rings. The number of allylic oxidation sites excluding steroid dienone is 1. The molecule has 31 heavy (non-hydrogen) atoms. The third kappa shape index (κ3) is 1.96. The van der Waals surface area contributed by atoms with Gasteiger partial charge in [0.1, 0.15) is 0 Å². The van der Waals surface area contributed by atoms with Gasteiger partial charge in [-0.1, -0.05) is 73.3 Å². The predicted octanol–water partition coefficient (Wildman–Crippen LogP) is 5.52. The van der Waals surface area contributed by atoms with Crippen LogP contribution in [0.15, 0.2) is 75.6 Å². The van der Waals surface area contributed by atoms with E-state index in [0.29, 0.717) is 54.2 Å². The van der Waals surface area contributed by atoms with Gasteiger partial charge < -0.3 is 0 Å². The number of rotatable bonds is 2. The van der Waals surface area contributed by atoms with Gasteiger partial charge in [-0.15, -0.1) is 0 Å². The van der Waals surface area contributed by atoms with Crippen molar-refractivity contribution in [3.8, 4) is 0 Å². The zero-order valence-corrected chi connectivity index (χ0v) is 16.8. The Kier molecular flexibility index (Phi) is 3.41. The first-order valence-corrected chi connectivity index (χ1v) is 10.2. The monoisotopic (exact) mass is 400 g/mol. The van der Waals surface area contributed by atoms with Crippen LogP contribution in [0, 0.1) is 0 Å². The van der Waals surface area contributed by atoms with Gasteiger partial charge in [-0.05, 0) is 23.3 Å². The van der Waals surface area contributed by atoms with Crippen molar-refractivity contribution in [3.63, 3.8) is 0 Å². The van der Waals surface area contributed by atoms with Crippen LogP contribution in [0.5, 0.6) is 0 Å². The molecule has 3 heteroatoms. The molecule has 0 amide bonds. The Morgan fingerprint density at radius 1 is 0.581 bits per heavy atom. The Bertz CT molecular complexity index is 1910. The van der Waals surface area contributed by atoms with Crippen LogP contribution in [0.4, 0.5) is 0 Å². The highest BCUT2D eigenvalue weighted by Crippen LogP contribution is 2.42. The summed E-state index contributed by atoms with van der Waals surface area (Å²) in [5, 5.41) is 5.86. The van der Waals surface area contributed by atoms with E-state index >= 15 is 0 Å². The molecule has 6 rings (SSSR count). The molecule has 146 valence electrons. The third-order valence-electron chi connectivity index (χ3n) is 6.40. The molecule has 0 bridgehead atoms. The molecule has 0 aliphatic carbocycles. The summed E-state index contributed by atoms with van der Waals surface area (Å²) >= 11 is 0. The lowest BCUT2D eigenvalue weighted by molar-refractivity contribution is 1.67. The summed E-state index contributed by atoms with van der Waals surface area (Å²) in [7, 11) is 0. The quantitative estimate of drug-likeness (QED) is 0.384. The molecule has 0 N–H and O–H groups in total. The lowest BCUT2D eigenvalue weighted by atomic mass is 9.98. The van der Waals surface area contributed by atoms with Crippen LogP contribution in [-0.2, 0) is 0 Å². The van der Waals surface area contributed by atoms with E-state index in [4.69, 9.17) is 0 Å². The molecule has 0 radical (unpaired) electrons. The molecule has 0 saturated heterocycles. The van der Waals surface area contributed by atoms with Crippen LogP contribution >= 0.6 is 0 Å². The summed E-state index contributed by atoms with van der Waals surface area (Å²) < 4.78 is 0. The predicted molar refractivity (Wildman–Crippen MR) is 131 cm³/mol. The zero-order chi connectivity index (χ0) is 21.4. The molecule has 0 saturated carbocycles. The minimum Gasteiger partial charge on any atom is -0.289 e. The molecule has 0 aliphatic heterocycles. The highest BCUT2D eigenvalue weighted by Gasteiger charge is 2.27. The van der Waals surface area contributed by atoms with Gasteiger partial charge in [0.05, 0.1) is 0 Å². The average Bonchev–Trinajstić information content (AvgIpc) is 3.36. The van der Waals surface area contributed by atoms with E-state index in [2.05, 4.69) is 6.58 Å². The van der Waals surface area contributed by atoms with Crippen LogP contribution in [0.1, 0.15) is 18.1 Å². The molecule has 0 aliphatic rings. The molecule has 0 aromatic heterocycles. The lowest BCUT2D eigenvalue weighted by Crippen LogP contribution is -2.01. The minimum atomic E-state index is -0.171. The average molecular weight is 400 g/mol. The Morgan fingerprint density at radius 3 is 1.52 bits per heavy atom. The number of hydrogen-bond acceptors (Lipinski definition) is 3. The van der Waals surface area contributed by atoms with E-state index in [1.807, 2.05) is 43.3 Å². The molecule has 0 spiro atoms. The zero-order valence-electron chi connectivity index (χ0n) is 16.8. The van der Waals surface area contributed by atoms with Crippen molar-refractivity contribution in [2.45, 2.75) is 6.92 Å². The molecular formula is C28H16O3. The number of benzene rings is 3. The Hall–Kier alpha value is -4.11. The topological polar surface area (TPSA) is 51.2 Å². The smallest absolute Gasteiger partial charge is 0.194 e. The van der Waals surface area contributed by atoms with Crippen LogP contribution in [-0.4, -0.2) is 0 Å². The van der Waals surface area contributed by atoms with E-state index in [9.17, 15) is 14.4 Å². The maximum Gasteiger partial charge on any atom is 0.194 e. The Balaban J connectivity index is 2.18. The van der Waals surface area contributed by atoms with Gasteiger partial charge in [0.15, 0.2) is 16.3 Å². The van der Waals surface area contributed by atoms with Crippen molar-refractivity contribution in [2.75, 3.05) is 0 Å². The normalized spacial score (nSPS) is 12.4. The lowest BCUT2D eigenvalue weighted by Gasteiger charge is -2.02. The molecule has 3 nitrogen and oxygen atoms in total. The second-order valence-corrected chi connectivity index (χ2v) is 7.86. The minimum absolute atomic E-state index is 0.137. The molecule has 6 aromatic carbocycles. The van der Waals surface area contributed by atoms with Gasteiger partial charge in [0.2, 0.25) is 0 Å². The second-order valence-electron chi connectivity index (χ2n) is 7.86. The van der Waals surface area contributed by atoms with Crippen molar-refractivity contribution in [2.24, 2.45) is 0 Å². The van der Waals surface area contributed by atoms with Crippen molar-refractivity contribution in [1.29, 1.82) is 0 Å². The Labute approximate surface area is 176 Å². The van der Waals surface area contributed by atoms with Crippen LogP contribution in [0.25, 0.3) is 66.0 Å². The third-order valence-corrected chi connectivity index (χ3v) is 6.40. The molecule has 6 aromatic rings. The van der Waals surface area contributed by atoms with E-state index < -0.39 is 0 Å². The van der Waals surface area contributed by atoms with Gasteiger partial charge in [0.25, 0.3) is 0 Å². The standard InChI is InChI=1S/C28H16O3/c1-3-9-17-14(4-2)20-23(26(17)29)21-16-11-6-8-13-19(16)28(31)25(21)22-15-10-5-7-12-18(15)27(30)24(20)22/h3-13H,2H2,1H3/b9-3-. The largest absolute Gasteiger partial charge is 0.289 e. The maximum atomic E-state index is 13.6. The summed E-state index contributed by atoms with van der Waals surface area (Å²) in [6.45, 7) is 5.78. The molecular weight excluding hydrogens is 384 g/mol. The molecule has 0 unspecified atom stereocenters. The highest BCUT2D eigenvalue weighted by molar-refractivity contribution is 6.40. The fraction of sp³-hybridized carbons (Fsp3) is 0.0357. The van der Waals surface area contributed by atoms with E-state index in [1.54, 1.807) is 30.4 Å². The van der Waals surface area contributed by atoms with Gasteiger partial charge in [-0.25, -0.2) is 0 Å². The van der Waals surface area contributed by atoms with E-state index in [0.717, 1.165) is 10.8 Å². The van der Waals surface area contributed by atoms with Gasteiger partial charge in [0, 0.05) is 48.7 Å². The van der Waals surface area contributed by atoms with Crippen molar-refractivity contribution in [1.82, 2.24) is 0 Å². The molecule has 0 atom stereocenters. The first kappa shape index (κ1) is 17.7. The van der Waals surface area contributed by atoms with Gasteiger partial charge >= 0.3 is 0 Å². The summed E-state index contributed by atoms with van der Waals surface area (Å²) in [4.78, 5) is 40.8. The van der Waals surface area contributed by atoms with Gasteiger partial charge in [-0.2, -0.15) is 0 Å². The fourth-order valence-electron chi connectivity index (χ4n) is 5.24. The first-order chi connectivity index (χ1) is 15.1. The summed E-state index contributed by atoms with van der Waals surface area (Å²) in [6, 6.07) is 14.7. The highest BCUT2D eigenvalue weighted by atomic mass is 16.1. The molecule has 0 heterocycles.